The summed E-state index contributed by atoms with van der Waals surface area (Å²) in [6.07, 6.45) is 2.74. The second-order valence-corrected chi connectivity index (χ2v) is 5.23. The highest BCUT2D eigenvalue weighted by atomic mass is 16.5. The largest absolute Gasteiger partial charge is 0.468 e. The molecule has 4 heteroatoms. The predicted molar refractivity (Wildman–Crippen MR) is 64.3 cm³/mol. The highest BCUT2D eigenvalue weighted by molar-refractivity contribution is 5.81. The Balaban J connectivity index is 2.78. The molecule has 0 aromatic heterocycles. The van der Waals surface area contributed by atoms with Crippen molar-refractivity contribution in [2.75, 3.05) is 21.2 Å². The van der Waals surface area contributed by atoms with Crippen molar-refractivity contribution in [3.63, 3.8) is 0 Å². The Kier molecular flexibility index (Phi) is 4.33. The normalized spacial score (nSPS) is 30.1. The molecule has 94 valence electrons. The van der Waals surface area contributed by atoms with E-state index in [9.17, 15) is 4.79 Å². The fourth-order valence-electron chi connectivity index (χ4n) is 2.58. The fraction of sp³-hybridized carbons (Fsp3) is 0.917. The van der Waals surface area contributed by atoms with Crippen LogP contribution in [0.25, 0.3) is 0 Å². The first-order valence-electron chi connectivity index (χ1n) is 5.94. The number of methoxy groups -OCH3 is 1. The molecule has 0 bridgehead atoms. The molecule has 16 heavy (non-hydrogen) atoms. The molecule has 0 spiro atoms. The van der Waals surface area contributed by atoms with Gasteiger partial charge in [-0.1, -0.05) is 0 Å². The van der Waals surface area contributed by atoms with Gasteiger partial charge in [-0.2, -0.15) is 0 Å². The summed E-state index contributed by atoms with van der Waals surface area (Å²) in [7, 11) is 5.59. The molecule has 1 fully saturated rings. The molecule has 1 aliphatic carbocycles. The van der Waals surface area contributed by atoms with Crippen LogP contribution in [-0.2, 0) is 9.53 Å². The van der Waals surface area contributed by atoms with E-state index < -0.39 is 5.54 Å². The molecule has 0 aromatic rings. The molecule has 1 rings (SSSR count). The van der Waals surface area contributed by atoms with Crippen LogP contribution in [0, 0.1) is 0 Å². The van der Waals surface area contributed by atoms with Crippen LogP contribution >= 0.6 is 0 Å². The van der Waals surface area contributed by atoms with Crippen molar-refractivity contribution in [1.82, 2.24) is 10.2 Å². The molecule has 0 radical (unpaired) electrons. The van der Waals surface area contributed by atoms with Crippen molar-refractivity contribution in [2.24, 2.45) is 0 Å². The third-order valence-electron chi connectivity index (χ3n) is 3.36. The van der Waals surface area contributed by atoms with Crippen molar-refractivity contribution in [2.45, 2.75) is 50.7 Å². The van der Waals surface area contributed by atoms with Crippen molar-refractivity contribution in [3.8, 4) is 0 Å². The Labute approximate surface area is 98.3 Å². The lowest BCUT2D eigenvalue weighted by molar-refractivity contribution is -0.148. The Morgan fingerprint density at radius 1 is 1.50 bits per heavy atom. The number of esters is 1. The van der Waals surface area contributed by atoms with Crippen LogP contribution in [0.15, 0.2) is 0 Å². The summed E-state index contributed by atoms with van der Waals surface area (Å²) in [4.78, 5) is 14.1. The van der Waals surface area contributed by atoms with Gasteiger partial charge >= 0.3 is 5.97 Å². The predicted octanol–water partition coefficient (Wildman–Crippen LogP) is 1.01. The van der Waals surface area contributed by atoms with Gasteiger partial charge in [0.2, 0.25) is 0 Å². The lowest BCUT2D eigenvalue weighted by Gasteiger charge is -2.30. The Bertz CT molecular complexity index is 253. The third kappa shape index (κ3) is 2.74. The molecule has 1 aliphatic rings. The zero-order chi connectivity index (χ0) is 12.3. The van der Waals surface area contributed by atoms with E-state index in [1.54, 1.807) is 0 Å². The van der Waals surface area contributed by atoms with E-state index in [0.717, 1.165) is 19.3 Å². The second kappa shape index (κ2) is 5.15. The summed E-state index contributed by atoms with van der Waals surface area (Å²) in [6, 6.07) is 0.755. The number of ether oxygens (including phenoxy) is 1. The minimum absolute atomic E-state index is 0.120. The molecule has 1 saturated carbocycles. The number of nitrogens with one attached hydrogen (secondary N) is 1. The lowest BCUT2D eigenvalue weighted by Crippen LogP contribution is -2.54. The van der Waals surface area contributed by atoms with E-state index in [1.807, 2.05) is 0 Å². The van der Waals surface area contributed by atoms with Crippen LogP contribution in [0.1, 0.15) is 33.1 Å². The van der Waals surface area contributed by atoms with Gasteiger partial charge in [0.15, 0.2) is 0 Å². The molecule has 0 saturated heterocycles. The molecule has 1 N–H and O–H groups in total. The first kappa shape index (κ1) is 13.5. The third-order valence-corrected chi connectivity index (χ3v) is 3.36. The van der Waals surface area contributed by atoms with Crippen LogP contribution in [0.5, 0.6) is 0 Å². The minimum Gasteiger partial charge on any atom is -0.468 e. The minimum atomic E-state index is -0.474. The van der Waals surface area contributed by atoms with Crippen molar-refractivity contribution in [1.29, 1.82) is 0 Å². The van der Waals surface area contributed by atoms with Gasteiger partial charge in [0.05, 0.1) is 7.11 Å². The molecular formula is C12H24N2O2. The monoisotopic (exact) mass is 228 g/mol. The van der Waals surface area contributed by atoms with Crippen molar-refractivity contribution >= 4 is 5.97 Å². The lowest BCUT2D eigenvalue weighted by atomic mass is 9.96. The van der Waals surface area contributed by atoms with Gasteiger partial charge < -0.3 is 9.64 Å². The molecule has 0 aliphatic heterocycles. The molecule has 4 nitrogen and oxygen atoms in total. The van der Waals surface area contributed by atoms with Crippen LogP contribution < -0.4 is 5.32 Å². The number of hydrogen-bond donors (Lipinski definition) is 1. The van der Waals surface area contributed by atoms with E-state index in [1.165, 1.54) is 7.11 Å². The molecular weight excluding hydrogens is 204 g/mol. The summed E-state index contributed by atoms with van der Waals surface area (Å²) in [5, 5.41) is 3.39. The zero-order valence-corrected chi connectivity index (χ0v) is 11.0. The average molecular weight is 228 g/mol. The van der Waals surface area contributed by atoms with Gasteiger partial charge in [0, 0.05) is 12.1 Å². The summed E-state index contributed by atoms with van der Waals surface area (Å²) >= 11 is 0. The molecule has 2 unspecified atom stereocenters. The standard InChI is InChI=1S/C12H24N2O2/c1-9(2)13-12(11(15)16-5)7-6-10(8-12)14(3)4/h9-10,13H,6-8H2,1-5H3. The summed E-state index contributed by atoms with van der Waals surface area (Å²) in [5.74, 6) is -0.120. The van der Waals surface area contributed by atoms with Gasteiger partial charge in [0.25, 0.3) is 0 Å². The first-order chi connectivity index (χ1) is 7.41. The number of carbonyl (C=O) groups is 1. The van der Waals surface area contributed by atoms with Gasteiger partial charge in [-0.25, -0.2) is 0 Å². The van der Waals surface area contributed by atoms with Crippen LogP contribution in [0.2, 0.25) is 0 Å². The Hall–Kier alpha value is -0.610. The highest BCUT2D eigenvalue weighted by Gasteiger charge is 2.46. The molecule has 0 amide bonds. The number of carbonyl (C=O) groups excluding carboxylic acids is 1. The maximum Gasteiger partial charge on any atom is 0.326 e. The smallest absolute Gasteiger partial charge is 0.326 e. The molecule has 0 aromatic carbocycles. The van der Waals surface area contributed by atoms with Crippen molar-refractivity contribution in [3.05, 3.63) is 0 Å². The van der Waals surface area contributed by atoms with E-state index in [-0.39, 0.29) is 5.97 Å². The molecule has 0 heterocycles. The SMILES string of the molecule is COC(=O)C1(NC(C)C)CCC(N(C)C)C1. The van der Waals surface area contributed by atoms with Crippen LogP contribution in [0.3, 0.4) is 0 Å². The van der Waals surface area contributed by atoms with E-state index in [4.69, 9.17) is 4.74 Å². The highest BCUT2D eigenvalue weighted by Crippen LogP contribution is 2.33. The molecule has 2 atom stereocenters. The fourth-order valence-corrected chi connectivity index (χ4v) is 2.58. The summed E-state index contributed by atoms with van der Waals surface area (Å²) in [5.41, 5.74) is -0.474. The average Bonchev–Trinajstić information content (AvgIpc) is 2.61. The van der Waals surface area contributed by atoms with Gasteiger partial charge in [0.1, 0.15) is 5.54 Å². The zero-order valence-electron chi connectivity index (χ0n) is 11.0. The second-order valence-electron chi connectivity index (χ2n) is 5.23. The number of nitrogens with zero attached hydrogens (tertiary/aromatic N) is 1. The van der Waals surface area contributed by atoms with E-state index in [0.29, 0.717) is 12.1 Å². The summed E-state index contributed by atoms with van der Waals surface area (Å²) in [6.45, 7) is 4.13. The van der Waals surface area contributed by atoms with Crippen LogP contribution in [-0.4, -0.2) is 49.7 Å². The van der Waals surface area contributed by atoms with Crippen LogP contribution in [0.4, 0.5) is 0 Å². The Morgan fingerprint density at radius 3 is 2.50 bits per heavy atom. The van der Waals surface area contributed by atoms with Gasteiger partial charge in [-0.15, -0.1) is 0 Å². The summed E-state index contributed by atoms with van der Waals surface area (Å²) < 4.78 is 4.95. The van der Waals surface area contributed by atoms with E-state index >= 15 is 0 Å². The van der Waals surface area contributed by atoms with Gasteiger partial charge in [-0.3, -0.25) is 10.1 Å². The number of rotatable bonds is 4. The first-order valence-corrected chi connectivity index (χ1v) is 5.94. The van der Waals surface area contributed by atoms with Gasteiger partial charge in [-0.05, 0) is 47.2 Å². The Morgan fingerprint density at radius 2 is 2.12 bits per heavy atom. The van der Waals surface area contributed by atoms with Crippen molar-refractivity contribution < 1.29 is 9.53 Å². The maximum absolute atomic E-state index is 11.9. The quantitative estimate of drug-likeness (QED) is 0.729. The topological polar surface area (TPSA) is 41.6 Å². The van der Waals surface area contributed by atoms with E-state index in [2.05, 4.69) is 38.2 Å². The maximum atomic E-state index is 11.9. The number of hydrogen-bond acceptors (Lipinski definition) is 4.